The van der Waals surface area contributed by atoms with Crippen LogP contribution in [0.1, 0.15) is 20.7 Å². The van der Waals surface area contributed by atoms with Gasteiger partial charge in [0.15, 0.2) is 0 Å². The van der Waals surface area contributed by atoms with Crippen molar-refractivity contribution in [2.75, 3.05) is 5.32 Å². The molecule has 5 rings (SSSR count). The van der Waals surface area contributed by atoms with Crippen LogP contribution >= 0.6 is 0 Å². The minimum Gasteiger partial charge on any atom is -0.478 e. The number of aromatic carboxylic acids is 1. The summed E-state index contributed by atoms with van der Waals surface area (Å²) in [5.74, 6) is -1.56. The fraction of sp³-hybridized carbons (Fsp3) is 0. The Hall–Kier alpha value is -3.92. The summed E-state index contributed by atoms with van der Waals surface area (Å²) < 4.78 is 0. The molecular weight excluding hydrogens is 350 g/mol. The number of hydrogen-bond donors (Lipinski definition) is 2. The van der Waals surface area contributed by atoms with E-state index in [9.17, 15) is 14.7 Å². The van der Waals surface area contributed by atoms with Gasteiger partial charge in [0.2, 0.25) is 0 Å². The van der Waals surface area contributed by atoms with Gasteiger partial charge in [-0.15, -0.1) is 0 Å². The lowest BCUT2D eigenvalue weighted by Gasteiger charge is -2.15. The molecule has 0 aliphatic rings. The number of rotatable bonds is 3. The van der Waals surface area contributed by atoms with Gasteiger partial charge in [-0.3, -0.25) is 4.79 Å². The first-order chi connectivity index (χ1) is 13.6. The lowest BCUT2D eigenvalue weighted by atomic mass is 9.93. The van der Waals surface area contributed by atoms with Crippen molar-refractivity contribution in [1.82, 2.24) is 0 Å². The predicted molar refractivity (Wildman–Crippen MR) is 112 cm³/mol. The molecule has 0 heterocycles. The molecule has 4 heteroatoms. The predicted octanol–water partition coefficient (Wildman–Crippen LogP) is 5.53. The summed E-state index contributed by atoms with van der Waals surface area (Å²) in [7, 11) is 0. The average Bonchev–Trinajstić information content (AvgIpc) is 2.73. The molecule has 134 valence electrons. The first kappa shape index (κ1) is 16.3. The molecule has 0 aliphatic heterocycles. The Morgan fingerprint density at radius 3 is 1.96 bits per heavy atom. The number of carboxylic acid groups (broad SMARTS) is 1. The molecule has 4 nitrogen and oxygen atoms in total. The minimum absolute atomic E-state index is 0.0160. The number of amides is 1. The molecule has 0 unspecified atom stereocenters. The monoisotopic (exact) mass is 365 g/mol. The van der Waals surface area contributed by atoms with Gasteiger partial charge in [0.05, 0.1) is 11.1 Å². The molecule has 0 atom stereocenters. The SMILES string of the molecule is O=C(O)c1ccccc1C(=O)Nc1ccc2ccc3cccc4ccc1c2c34. The molecule has 5 aromatic rings. The smallest absolute Gasteiger partial charge is 0.336 e. The number of carbonyl (C=O) groups excluding carboxylic acids is 1. The van der Waals surface area contributed by atoms with Crippen LogP contribution in [0.25, 0.3) is 32.3 Å². The van der Waals surface area contributed by atoms with Crippen molar-refractivity contribution in [2.24, 2.45) is 0 Å². The summed E-state index contributed by atoms with van der Waals surface area (Å²) >= 11 is 0. The molecule has 0 bridgehead atoms. The van der Waals surface area contributed by atoms with E-state index in [0.717, 1.165) is 26.9 Å². The van der Waals surface area contributed by atoms with Gasteiger partial charge >= 0.3 is 5.97 Å². The van der Waals surface area contributed by atoms with Crippen LogP contribution in [-0.2, 0) is 0 Å². The van der Waals surface area contributed by atoms with Crippen molar-refractivity contribution in [1.29, 1.82) is 0 Å². The maximum atomic E-state index is 12.8. The van der Waals surface area contributed by atoms with Crippen LogP contribution in [0.4, 0.5) is 5.69 Å². The zero-order valence-electron chi connectivity index (χ0n) is 14.8. The van der Waals surface area contributed by atoms with Crippen molar-refractivity contribution in [3.63, 3.8) is 0 Å². The van der Waals surface area contributed by atoms with Crippen LogP contribution in [0, 0.1) is 0 Å². The molecule has 2 N–H and O–H groups in total. The molecule has 0 aliphatic carbocycles. The Balaban J connectivity index is 1.68. The Morgan fingerprint density at radius 1 is 0.643 bits per heavy atom. The molecular formula is C24H15NO3. The number of carboxylic acids is 1. The van der Waals surface area contributed by atoms with E-state index in [0.29, 0.717) is 5.69 Å². The van der Waals surface area contributed by atoms with Crippen LogP contribution in [-0.4, -0.2) is 17.0 Å². The lowest BCUT2D eigenvalue weighted by molar-refractivity contribution is 0.0692. The van der Waals surface area contributed by atoms with Crippen LogP contribution in [0.15, 0.2) is 78.9 Å². The quantitative estimate of drug-likeness (QED) is 0.413. The summed E-state index contributed by atoms with van der Waals surface area (Å²) in [5.41, 5.74) is 0.786. The molecule has 28 heavy (non-hydrogen) atoms. The van der Waals surface area contributed by atoms with Crippen molar-refractivity contribution >= 4 is 49.9 Å². The fourth-order valence-electron chi connectivity index (χ4n) is 3.90. The first-order valence-corrected chi connectivity index (χ1v) is 8.94. The van der Waals surface area contributed by atoms with Crippen molar-refractivity contribution in [3.8, 4) is 0 Å². The van der Waals surface area contributed by atoms with Gasteiger partial charge in [-0.25, -0.2) is 4.79 Å². The molecule has 0 saturated heterocycles. The Morgan fingerprint density at radius 2 is 1.25 bits per heavy atom. The van der Waals surface area contributed by atoms with E-state index >= 15 is 0 Å². The molecule has 1 amide bonds. The summed E-state index contributed by atoms with van der Waals surface area (Å²) in [6, 6.07) is 24.5. The van der Waals surface area contributed by atoms with E-state index in [1.54, 1.807) is 12.1 Å². The summed E-state index contributed by atoms with van der Waals surface area (Å²) in [6.45, 7) is 0. The second kappa shape index (κ2) is 6.06. The molecule has 0 aromatic heterocycles. The highest BCUT2D eigenvalue weighted by Crippen LogP contribution is 2.37. The van der Waals surface area contributed by atoms with Crippen LogP contribution in [0.5, 0.6) is 0 Å². The number of hydrogen-bond acceptors (Lipinski definition) is 2. The molecule has 5 aromatic carbocycles. The molecule has 0 fully saturated rings. The van der Waals surface area contributed by atoms with Gasteiger partial charge in [0.1, 0.15) is 0 Å². The number of benzene rings is 5. The molecule has 0 radical (unpaired) electrons. The van der Waals surface area contributed by atoms with Crippen molar-refractivity contribution < 1.29 is 14.7 Å². The van der Waals surface area contributed by atoms with Crippen molar-refractivity contribution in [3.05, 3.63) is 90.0 Å². The maximum Gasteiger partial charge on any atom is 0.336 e. The zero-order valence-corrected chi connectivity index (χ0v) is 14.8. The van der Waals surface area contributed by atoms with E-state index < -0.39 is 11.9 Å². The Labute approximate surface area is 160 Å². The Bertz CT molecular complexity index is 1370. The average molecular weight is 365 g/mol. The second-order valence-corrected chi connectivity index (χ2v) is 6.77. The molecule has 0 saturated carbocycles. The van der Waals surface area contributed by atoms with E-state index in [-0.39, 0.29) is 11.1 Å². The van der Waals surface area contributed by atoms with E-state index in [1.165, 1.54) is 17.5 Å². The largest absolute Gasteiger partial charge is 0.478 e. The van der Waals surface area contributed by atoms with E-state index in [1.807, 2.05) is 30.3 Å². The lowest BCUT2D eigenvalue weighted by Crippen LogP contribution is -2.16. The Kier molecular flexibility index (Phi) is 3.52. The zero-order chi connectivity index (χ0) is 19.3. The topological polar surface area (TPSA) is 66.4 Å². The van der Waals surface area contributed by atoms with Crippen molar-refractivity contribution in [2.45, 2.75) is 0 Å². The highest BCUT2D eigenvalue weighted by Gasteiger charge is 2.17. The van der Waals surface area contributed by atoms with Gasteiger partial charge in [0.25, 0.3) is 5.91 Å². The fourth-order valence-corrected chi connectivity index (χ4v) is 3.90. The van der Waals surface area contributed by atoms with Gasteiger partial charge in [0, 0.05) is 11.1 Å². The van der Waals surface area contributed by atoms with E-state index in [2.05, 4.69) is 29.6 Å². The number of anilines is 1. The second-order valence-electron chi connectivity index (χ2n) is 6.77. The number of carbonyl (C=O) groups is 2. The van der Waals surface area contributed by atoms with Gasteiger partial charge in [-0.05, 0) is 45.1 Å². The van der Waals surface area contributed by atoms with Gasteiger partial charge < -0.3 is 10.4 Å². The van der Waals surface area contributed by atoms with Gasteiger partial charge in [-0.2, -0.15) is 0 Å². The third-order valence-corrected chi connectivity index (χ3v) is 5.18. The first-order valence-electron chi connectivity index (χ1n) is 8.94. The normalized spacial score (nSPS) is 11.3. The minimum atomic E-state index is -1.12. The highest BCUT2D eigenvalue weighted by atomic mass is 16.4. The summed E-state index contributed by atoms with van der Waals surface area (Å²) in [5, 5.41) is 18.9. The standard InChI is InChI=1S/C24H15NO3/c26-23(17-6-1-2-7-18(17)24(27)28)25-20-13-11-16-9-8-14-4-3-5-15-10-12-19(20)22(16)21(14)15/h1-13H,(H,25,26)(H,27,28). The van der Waals surface area contributed by atoms with Gasteiger partial charge in [-0.1, -0.05) is 60.7 Å². The van der Waals surface area contributed by atoms with E-state index in [4.69, 9.17) is 0 Å². The maximum absolute atomic E-state index is 12.8. The van der Waals surface area contributed by atoms with Crippen LogP contribution < -0.4 is 5.32 Å². The summed E-state index contributed by atoms with van der Waals surface area (Å²) in [4.78, 5) is 24.3. The third kappa shape index (κ3) is 2.39. The van der Waals surface area contributed by atoms with Crippen LogP contribution in [0.2, 0.25) is 0 Å². The van der Waals surface area contributed by atoms with Crippen LogP contribution in [0.3, 0.4) is 0 Å². The highest BCUT2D eigenvalue weighted by molar-refractivity contribution is 6.26. The summed E-state index contributed by atoms with van der Waals surface area (Å²) in [6.07, 6.45) is 0. The third-order valence-electron chi connectivity index (χ3n) is 5.18. The number of nitrogens with one attached hydrogen (secondary N) is 1. The molecule has 0 spiro atoms.